The molecule has 146 valence electrons. The van der Waals surface area contributed by atoms with Gasteiger partial charge in [-0.2, -0.15) is 0 Å². The van der Waals surface area contributed by atoms with E-state index in [1.54, 1.807) is 38.3 Å². The minimum absolute atomic E-state index is 0.0748. The van der Waals surface area contributed by atoms with E-state index >= 15 is 0 Å². The summed E-state index contributed by atoms with van der Waals surface area (Å²) in [5.41, 5.74) is 1.90. The van der Waals surface area contributed by atoms with Gasteiger partial charge in [-0.25, -0.2) is 0 Å². The number of methoxy groups -OCH3 is 1. The maximum absolute atomic E-state index is 11.9. The maximum atomic E-state index is 11.9. The molecule has 0 fully saturated rings. The van der Waals surface area contributed by atoms with Gasteiger partial charge in [-0.3, -0.25) is 9.59 Å². The summed E-state index contributed by atoms with van der Waals surface area (Å²) in [5.74, 6) is 0.943. The second-order valence-electron chi connectivity index (χ2n) is 5.95. The number of ether oxygens (including phenoxy) is 3. The Bertz CT molecular complexity index is 1010. The van der Waals surface area contributed by atoms with Gasteiger partial charge in [0.1, 0.15) is 23.7 Å². The summed E-state index contributed by atoms with van der Waals surface area (Å²) in [6.07, 6.45) is 0.739. The fourth-order valence-electron chi connectivity index (χ4n) is 2.84. The van der Waals surface area contributed by atoms with E-state index < -0.39 is 0 Å². The molecular formula is C21H19BrO6. The van der Waals surface area contributed by atoms with Crippen molar-refractivity contribution in [2.75, 3.05) is 13.7 Å². The van der Waals surface area contributed by atoms with Gasteiger partial charge < -0.3 is 18.6 Å². The van der Waals surface area contributed by atoms with Gasteiger partial charge >= 0.3 is 5.97 Å². The lowest BCUT2D eigenvalue weighted by molar-refractivity contribution is -0.142. The first kappa shape index (κ1) is 19.9. The molecular weight excluding hydrogens is 428 g/mol. The van der Waals surface area contributed by atoms with Crippen molar-refractivity contribution in [3.05, 3.63) is 57.8 Å². The average molecular weight is 447 g/mol. The number of hydrogen-bond donors (Lipinski definition) is 0. The van der Waals surface area contributed by atoms with Crippen molar-refractivity contribution < 1.29 is 28.2 Å². The van der Waals surface area contributed by atoms with Crippen molar-refractivity contribution >= 4 is 39.2 Å². The highest BCUT2D eigenvalue weighted by Crippen LogP contribution is 2.31. The van der Waals surface area contributed by atoms with Crippen LogP contribution in [0.25, 0.3) is 11.0 Å². The number of esters is 1. The summed E-state index contributed by atoms with van der Waals surface area (Å²) in [6, 6.07) is 10.7. The van der Waals surface area contributed by atoms with Gasteiger partial charge in [0.15, 0.2) is 12.0 Å². The highest BCUT2D eigenvalue weighted by atomic mass is 79.9. The number of furan rings is 1. The van der Waals surface area contributed by atoms with Gasteiger partial charge in [0.2, 0.25) is 0 Å². The summed E-state index contributed by atoms with van der Waals surface area (Å²) in [5, 5.41) is 0.784. The Morgan fingerprint density at radius 3 is 2.75 bits per heavy atom. The zero-order valence-corrected chi connectivity index (χ0v) is 17.1. The number of rotatable bonds is 8. The number of fused-ring (bicyclic) bond motifs is 1. The predicted molar refractivity (Wildman–Crippen MR) is 107 cm³/mol. The first-order valence-corrected chi connectivity index (χ1v) is 9.46. The van der Waals surface area contributed by atoms with Crippen molar-refractivity contribution in [2.45, 2.75) is 20.0 Å². The lowest BCUT2D eigenvalue weighted by Gasteiger charge is -2.13. The smallest absolute Gasteiger partial charge is 0.310 e. The molecule has 0 bridgehead atoms. The predicted octanol–water partition coefficient (Wildman–Crippen LogP) is 4.70. The molecule has 3 aromatic rings. The molecule has 6 nitrogen and oxygen atoms in total. The fourth-order valence-corrected chi connectivity index (χ4v) is 3.20. The van der Waals surface area contributed by atoms with Crippen LogP contribution in [0.4, 0.5) is 0 Å². The minimum Gasteiger partial charge on any atom is -0.497 e. The molecule has 0 saturated heterocycles. The number of aldehydes is 1. The Balaban J connectivity index is 1.91. The molecule has 0 aliphatic heterocycles. The maximum Gasteiger partial charge on any atom is 0.310 e. The van der Waals surface area contributed by atoms with Crippen LogP contribution in [0.3, 0.4) is 0 Å². The van der Waals surface area contributed by atoms with Crippen molar-refractivity contribution in [3.63, 3.8) is 0 Å². The van der Waals surface area contributed by atoms with E-state index in [-0.39, 0.29) is 24.8 Å². The Morgan fingerprint density at radius 1 is 1.21 bits per heavy atom. The van der Waals surface area contributed by atoms with Gasteiger partial charge in [-0.1, -0.05) is 22.0 Å². The van der Waals surface area contributed by atoms with Crippen molar-refractivity contribution in [1.29, 1.82) is 0 Å². The molecule has 1 aromatic heterocycles. The van der Waals surface area contributed by atoms with Crippen LogP contribution in [0.15, 0.2) is 45.3 Å². The summed E-state index contributed by atoms with van der Waals surface area (Å²) >= 11 is 3.43. The average Bonchev–Trinajstić information content (AvgIpc) is 3.04. The SMILES string of the molecule is CCOC(=O)Cc1ccc(OC)cc1OCc1c(C=O)oc2ccc(Br)cc12. The number of carbonyl (C=O) groups excluding carboxylic acids is 2. The summed E-state index contributed by atoms with van der Waals surface area (Å²) < 4.78 is 22.7. The molecule has 28 heavy (non-hydrogen) atoms. The van der Waals surface area contributed by atoms with Gasteiger partial charge in [-0.05, 0) is 31.2 Å². The quantitative estimate of drug-likeness (QED) is 0.368. The Morgan fingerprint density at radius 2 is 2.04 bits per heavy atom. The summed E-state index contributed by atoms with van der Waals surface area (Å²) in [6.45, 7) is 2.16. The highest BCUT2D eigenvalue weighted by molar-refractivity contribution is 9.10. The molecule has 0 atom stereocenters. The van der Waals surface area contributed by atoms with Gasteiger partial charge in [0, 0.05) is 27.1 Å². The molecule has 3 rings (SSSR count). The van der Waals surface area contributed by atoms with Crippen molar-refractivity contribution in [3.8, 4) is 11.5 Å². The van der Waals surface area contributed by atoms with E-state index in [0.29, 0.717) is 41.1 Å². The van der Waals surface area contributed by atoms with Crippen LogP contribution in [0.1, 0.15) is 28.6 Å². The first-order chi connectivity index (χ1) is 13.5. The van der Waals surface area contributed by atoms with Crippen LogP contribution in [0.2, 0.25) is 0 Å². The van der Waals surface area contributed by atoms with Crippen LogP contribution < -0.4 is 9.47 Å². The number of hydrogen-bond acceptors (Lipinski definition) is 6. The van der Waals surface area contributed by atoms with E-state index in [4.69, 9.17) is 18.6 Å². The lowest BCUT2D eigenvalue weighted by Crippen LogP contribution is -2.09. The van der Waals surface area contributed by atoms with Crippen LogP contribution in [-0.2, 0) is 22.6 Å². The molecule has 0 radical (unpaired) electrons. The third kappa shape index (κ3) is 4.36. The molecule has 0 spiro atoms. The molecule has 0 amide bonds. The fraction of sp³-hybridized carbons (Fsp3) is 0.238. The van der Waals surface area contributed by atoms with E-state index in [1.807, 2.05) is 12.1 Å². The van der Waals surface area contributed by atoms with Crippen LogP contribution in [0, 0.1) is 0 Å². The topological polar surface area (TPSA) is 75.0 Å². The van der Waals surface area contributed by atoms with Crippen molar-refractivity contribution in [1.82, 2.24) is 0 Å². The Hall–Kier alpha value is -2.80. The zero-order chi connectivity index (χ0) is 20.1. The van der Waals surface area contributed by atoms with Crippen LogP contribution >= 0.6 is 15.9 Å². The molecule has 7 heteroatoms. The van der Waals surface area contributed by atoms with Crippen LogP contribution in [0.5, 0.6) is 11.5 Å². The number of benzene rings is 2. The first-order valence-electron chi connectivity index (χ1n) is 8.67. The van der Waals surface area contributed by atoms with Gasteiger partial charge in [0.25, 0.3) is 0 Å². The summed E-state index contributed by atoms with van der Waals surface area (Å²) in [4.78, 5) is 23.3. The number of carbonyl (C=O) groups is 2. The molecule has 0 N–H and O–H groups in total. The largest absolute Gasteiger partial charge is 0.497 e. The third-order valence-electron chi connectivity index (χ3n) is 4.18. The summed E-state index contributed by atoms with van der Waals surface area (Å²) in [7, 11) is 1.55. The second-order valence-corrected chi connectivity index (χ2v) is 6.86. The molecule has 0 saturated carbocycles. The third-order valence-corrected chi connectivity index (χ3v) is 4.67. The monoisotopic (exact) mass is 446 g/mol. The molecule has 0 aliphatic carbocycles. The van der Waals surface area contributed by atoms with E-state index in [1.165, 1.54) is 0 Å². The van der Waals surface area contributed by atoms with Gasteiger partial charge in [0.05, 0.1) is 20.1 Å². The number of halogens is 1. The zero-order valence-electron chi connectivity index (χ0n) is 15.5. The highest BCUT2D eigenvalue weighted by Gasteiger charge is 2.17. The second kappa shape index (κ2) is 8.93. The van der Waals surface area contributed by atoms with Crippen molar-refractivity contribution in [2.24, 2.45) is 0 Å². The minimum atomic E-state index is -0.344. The van der Waals surface area contributed by atoms with E-state index in [9.17, 15) is 9.59 Å². The Labute approximate surface area is 170 Å². The van der Waals surface area contributed by atoms with Crippen LogP contribution in [-0.4, -0.2) is 26.0 Å². The molecule has 2 aromatic carbocycles. The molecule has 0 unspecified atom stereocenters. The molecule has 0 aliphatic rings. The normalized spacial score (nSPS) is 10.7. The van der Waals surface area contributed by atoms with E-state index in [0.717, 1.165) is 9.86 Å². The lowest BCUT2D eigenvalue weighted by atomic mass is 10.1. The Kier molecular flexibility index (Phi) is 6.36. The standard InChI is InChI=1S/C21H19BrO6/c1-3-26-21(24)8-13-4-6-15(25-2)10-19(13)27-12-17-16-9-14(22)5-7-18(16)28-20(17)11-23/h4-7,9-11H,3,8,12H2,1-2H3. The van der Waals surface area contributed by atoms with Gasteiger partial charge in [-0.15, -0.1) is 0 Å². The van der Waals surface area contributed by atoms with E-state index in [2.05, 4.69) is 15.9 Å². The molecule has 1 heterocycles.